The molecule has 2 N–H and O–H groups in total. The Balaban J connectivity index is 1.72. The number of carbonyl (C=O) groups is 2. The van der Waals surface area contributed by atoms with E-state index in [1.807, 2.05) is 44.2 Å². The first kappa shape index (κ1) is 24.7. The summed E-state index contributed by atoms with van der Waals surface area (Å²) in [5.41, 5.74) is 2.34. The Morgan fingerprint density at radius 1 is 1.15 bits per heavy atom. The van der Waals surface area contributed by atoms with Crippen LogP contribution < -0.4 is 10.1 Å². The quantitative estimate of drug-likeness (QED) is 0.464. The summed E-state index contributed by atoms with van der Waals surface area (Å²) < 4.78 is 24.3. The number of hydrogen-bond acceptors (Lipinski definition) is 6. The number of nitrogens with zero attached hydrogens (tertiary/aromatic N) is 1. The molecule has 8 heteroatoms. The second-order valence-electron chi connectivity index (χ2n) is 7.90. The fourth-order valence-electron chi connectivity index (χ4n) is 3.73. The van der Waals surface area contributed by atoms with Crippen LogP contribution in [0.5, 0.6) is 11.5 Å². The third-order valence-electron chi connectivity index (χ3n) is 5.56. The lowest BCUT2D eigenvalue weighted by molar-refractivity contribution is -0.148. The van der Waals surface area contributed by atoms with Crippen molar-refractivity contribution in [1.29, 1.82) is 0 Å². The molecule has 2 aromatic carbocycles. The number of pyridine rings is 1. The Morgan fingerprint density at radius 2 is 1.88 bits per heavy atom. The highest BCUT2D eigenvalue weighted by atomic mass is 19.1. The molecule has 178 valence electrons. The minimum atomic E-state index is -0.740. The smallest absolute Gasteiger partial charge is 0.325 e. The van der Waals surface area contributed by atoms with Crippen LogP contribution >= 0.6 is 0 Å². The summed E-state index contributed by atoms with van der Waals surface area (Å²) >= 11 is 0. The molecule has 0 radical (unpaired) electrons. The summed E-state index contributed by atoms with van der Waals surface area (Å²) in [4.78, 5) is 28.9. The van der Waals surface area contributed by atoms with Crippen LogP contribution in [0.2, 0.25) is 0 Å². The molecule has 3 aromatic rings. The van der Waals surface area contributed by atoms with Gasteiger partial charge in [-0.2, -0.15) is 0 Å². The molecule has 0 saturated heterocycles. The molecule has 1 amide bonds. The van der Waals surface area contributed by atoms with Gasteiger partial charge in [0.05, 0.1) is 7.11 Å². The van der Waals surface area contributed by atoms with Gasteiger partial charge in [0, 0.05) is 24.6 Å². The lowest BCUT2D eigenvalue weighted by Crippen LogP contribution is -2.35. The summed E-state index contributed by atoms with van der Waals surface area (Å²) in [6, 6.07) is 15.5. The molecule has 34 heavy (non-hydrogen) atoms. The lowest BCUT2D eigenvalue weighted by Gasteiger charge is -2.26. The Hall–Kier alpha value is -3.94. The maximum atomic E-state index is 13.6. The zero-order valence-electron chi connectivity index (χ0n) is 19.2. The first-order valence-corrected chi connectivity index (χ1v) is 10.8. The Labute approximate surface area is 197 Å². The molecular formula is C26H27FN2O5. The maximum Gasteiger partial charge on any atom is 0.325 e. The minimum Gasteiger partial charge on any atom is -0.503 e. The summed E-state index contributed by atoms with van der Waals surface area (Å²) in [7, 11) is 1.35. The predicted molar refractivity (Wildman–Crippen MR) is 124 cm³/mol. The van der Waals surface area contributed by atoms with E-state index in [1.54, 1.807) is 6.07 Å². The largest absolute Gasteiger partial charge is 0.503 e. The predicted octanol–water partition coefficient (Wildman–Crippen LogP) is 3.93. The third kappa shape index (κ3) is 6.10. The number of methoxy groups -OCH3 is 1. The highest BCUT2D eigenvalue weighted by Gasteiger charge is 2.26. The summed E-state index contributed by atoms with van der Waals surface area (Å²) in [6.45, 7) is 3.31. The highest BCUT2D eigenvalue weighted by molar-refractivity contribution is 5.97. The van der Waals surface area contributed by atoms with Gasteiger partial charge in [-0.3, -0.25) is 9.59 Å². The summed E-state index contributed by atoms with van der Waals surface area (Å²) in [5, 5.41) is 12.5. The Kier molecular flexibility index (Phi) is 8.19. The van der Waals surface area contributed by atoms with Crippen molar-refractivity contribution in [3.05, 3.63) is 89.0 Å². The van der Waals surface area contributed by atoms with Crippen molar-refractivity contribution in [3.8, 4) is 11.5 Å². The van der Waals surface area contributed by atoms with Crippen molar-refractivity contribution in [2.75, 3.05) is 13.7 Å². The van der Waals surface area contributed by atoms with Crippen LogP contribution in [0.4, 0.5) is 4.39 Å². The third-order valence-corrected chi connectivity index (χ3v) is 5.56. The number of halogens is 1. The molecule has 0 spiro atoms. The molecule has 0 fully saturated rings. The molecule has 3 rings (SSSR count). The van der Waals surface area contributed by atoms with Gasteiger partial charge in [0.1, 0.15) is 18.5 Å². The second-order valence-corrected chi connectivity index (χ2v) is 7.90. The number of benzene rings is 2. The Bertz CT molecular complexity index is 1150. The van der Waals surface area contributed by atoms with Crippen LogP contribution in [0, 0.1) is 12.7 Å². The van der Waals surface area contributed by atoms with E-state index in [0.717, 1.165) is 16.7 Å². The van der Waals surface area contributed by atoms with Gasteiger partial charge in [-0.15, -0.1) is 0 Å². The molecule has 2 atom stereocenters. The molecule has 0 saturated carbocycles. The molecule has 0 bridgehead atoms. The van der Waals surface area contributed by atoms with Crippen LogP contribution in [0.25, 0.3) is 0 Å². The maximum absolute atomic E-state index is 13.6. The van der Waals surface area contributed by atoms with E-state index in [4.69, 9.17) is 9.47 Å². The average molecular weight is 467 g/mol. The number of carbonyl (C=O) groups excluding carboxylic acids is 2. The molecule has 2 unspecified atom stereocenters. The van der Waals surface area contributed by atoms with Crippen molar-refractivity contribution in [3.63, 3.8) is 0 Å². The number of aromatic nitrogens is 1. The van der Waals surface area contributed by atoms with Crippen molar-refractivity contribution in [2.45, 2.75) is 32.3 Å². The first-order chi connectivity index (χ1) is 16.3. The number of esters is 1. The number of aromatic hydroxyl groups is 1. The van der Waals surface area contributed by atoms with E-state index in [9.17, 15) is 19.1 Å². The van der Waals surface area contributed by atoms with E-state index < -0.39 is 30.3 Å². The van der Waals surface area contributed by atoms with Crippen molar-refractivity contribution >= 4 is 11.9 Å². The average Bonchev–Trinajstić information content (AvgIpc) is 2.82. The normalized spacial score (nSPS) is 12.5. The topological polar surface area (TPSA) is 97.8 Å². The SMILES string of the molecule is COc1ccnc(C(=O)NCC(=O)OC(Cc2ccccc2)C(C)c2ccc(F)cc2C)c1O. The van der Waals surface area contributed by atoms with Gasteiger partial charge in [0.2, 0.25) is 0 Å². The van der Waals surface area contributed by atoms with Gasteiger partial charge in [-0.1, -0.05) is 43.3 Å². The minimum absolute atomic E-state index is 0.0918. The van der Waals surface area contributed by atoms with Gasteiger partial charge in [-0.25, -0.2) is 9.37 Å². The summed E-state index contributed by atoms with van der Waals surface area (Å²) in [6.07, 6.45) is 1.20. The Morgan fingerprint density at radius 3 is 2.56 bits per heavy atom. The summed E-state index contributed by atoms with van der Waals surface area (Å²) in [5.74, 6) is -2.28. The number of aryl methyl sites for hydroxylation is 1. The van der Waals surface area contributed by atoms with Gasteiger partial charge in [-0.05, 0) is 35.7 Å². The molecule has 0 aliphatic carbocycles. The van der Waals surface area contributed by atoms with E-state index in [0.29, 0.717) is 6.42 Å². The van der Waals surface area contributed by atoms with E-state index in [1.165, 1.54) is 31.5 Å². The van der Waals surface area contributed by atoms with Gasteiger partial charge >= 0.3 is 5.97 Å². The van der Waals surface area contributed by atoms with Crippen LogP contribution in [0.3, 0.4) is 0 Å². The molecular weight excluding hydrogens is 439 g/mol. The van der Waals surface area contributed by atoms with Crippen LogP contribution in [0.15, 0.2) is 60.8 Å². The lowest BCUT2D eigenvalue weighted by atomic mass is 9.88. The molecule has 0 aliphatic heterocycles. The van der Waals surface area contributed by atoms with Crippen molar-refractivity contribution in [2.24, 2.45) is 0 Å². The number of nitrogens with one attached hydrogen (secondary N) is 1. The monoisotopic (exact) mass is 466 g/mol. The van der Waals surface area contributed by atoms with Crippen LogP contribution in [0.1, 0.15) is 40.0 Å². The highest BCUT2D eigenvalue weighted by Crippen LogP contribution is 2.29. The number of hydrogen-bond donors (Lipinski definition) is 2. The number of ether oxygens (including phenoxy) is 2. The fraction of sp³-hybridized carbons (Fsp3) is 0.269. The molecule has 1 aromatic heterocycles. The first-order valence-electron chi connectivity index (χ1n) is 10.8. The van der Waals surface area contributed by atoms with Crippen molar-refractivity contribution in [1.82, 2.24) is 10.3 Å². The second kappa shape index (κ2) is 11.3. The van der Waals surface area contributed by atoms with Gasteiger partial charge in [0.25, 0.3) is 5.91 Å². The van der Waals surface area contributed by atoms with Gasteiger partial charge < -0.3 is 19.9 Å². The molecule has 1 heterocycles. The zero-order chi connectivity index (χ0) is 24.7. The van der Waals surface area contributed by atoms with E-state index >= 15 is 0 Å². The van der Waals surface area contributed by atoms with Crippen LogP contribution in [-0.2, 0) is 16.0 Å². The van der Waals surface area contributed by atoms with Crippen molar-refractivity contribution < 1.29 is 28.6 Å². The van der Waals surface area contributed by atoms with Crippen LogP contribution in [-0.4, -0.2) is 41.7 Å². The number of amides is 1. The fourth-order valence-corrected chi connectivity index (χ4v) is 3.73. The zero-order valence-corrected chi connectivity index (χ0v) is 19.2. The van der Waals surface area contributed by atoms with Gasteiger partial charge in [0.15, 0.2) is 17.2 Å². The van der Waals surface area contributed by atoms with E-state index in [-0.39, 0.29) is 23.2 Å². The van der Waals surface area contributed by atoms with E-state index in [2.05, 4.69) is 10.3 Å². The standard InChI is InChI=1S/C26H27FN2O5/c1-16-13-19(27)9-10-20(16)17(2)22(14-18-7-5-4-6-8-18)34-23(30)15-29-26(32)24-25(31)21(33-3)11-12-28-24/h4-13,17,22,31H,14-15H2,1-3H3,(H,29,32). The number of rotatable bonds is 9. The molecule has 0 aliphatic rings. The molecule has 7 nitrogen and oxygen atoms in total.